The Morgan fingerprint density at radius 2 is 1.56 bits per heavy atom. The first-order chi connectivity index (χ1) is 15.1. The summed E-state index contributed by atoms with van der Waals surface area (Å²) in [6.45, 7) is 0. The van der Waals surface area contributed by atoms with Gasteiger partial charge in [0.25, 0.3) is 5.91 Å². The molecular formula is C21H23BF3NO6. The molecule has 0 aliphatic rings. The van der Waals surface area contributed by atoms with Crippen molar-refractivity contribution in [3.05, 3.63) is 65.2 Å². The third-order valence-electron chi connectivity index (χ3n) is 4.72. The van der Waals surface area contributed by atoms with Crippen molar-refractivity contribution in [2.24, 2.45) is 0 Å². The van der Waals surface area contributed by atoms with Crippen LogP contribution in [0, 0.1) is 0 Å². The molecule has 172 valence electrons. The summed E-state index contributed by atoms with van der Waals surface area (Å²) in [4.78, 5) is 24.6. The minimum atomic E-state index is -4.54. The van der Waals surface area contributed by atoms with Gasteiger partial charge in [0.05, 0.1) is 12.7 Å². The number of methoxy groups -OCH3 is 1. The molecule has 0 saturated carbocycles. The molecule has 2 aromatic rings. The largest absolute Gasteiger partial charge is 0.493 e. The molecule has 2 rings (SSSR count). The minimum Gasteiger partial charge on any atom is -0.467 e. The van der Waals surface area contributed by atoms with Gasteiger partial charge in [-0.3, -0.25) is 4.79 Å². The molecule has 2 aromatic carbocycles. The normalized spacial score (nSPS) is 13.2. The van der Waals surface area contributed by atoms with E-state index < -0.39 is 42.9 Å². The average molecular weight is 453 g/mol. The van der Waals surface area contributed by atoms with Crippen molar-refractivity contribution in [3.8, 4) is 0 Å². The Balaban J connectivity index is 2.11. The lowest BCUT2D eigenvalue weighted by atomic mass is 9.78. The van der Waals surface area contributed by atoms with Crippen LogP contribution >= 0.6 is 0 Å². The highest BCUT2D eigenvalue weighted by atomic mass is 19.4. The molecule has 0 radical (unpaired) electrons. The van der Waals surface area contributed by atoms with Crippen molar-refractivity contribution >= 4 is 24.5 Å². The van der Waals surface area contributed by atoms with E-state index in [2.05, 4.69) is 5.32 Å². The number of hydrogen-bond acceptors (Lipinski definition) is 6. The molecule has 2 atom stereocenters. The number of amides is 1. The summed E-state index contributed by atoms with van der Waals surface area (Å²) in [6.07, 6.45) is -6.25. The van der Waals surface area contributed by atoms with Gasteiger partial charge in [-0.15, -0.1) is 0 Å². The first kappa shape index (κ1) is 25.4. The van der Waals surface area contributed by atoms with E-state index in [4.69, 9.17) is 14.0 Å². The molecule has 32 heavy (non-hydrogen) atoms. The monoisotopic (exact) mass is 453 g/mol. The summed E-state index contributed by atoms with van der Waals surface area (Å²) < 4.78 is 53.1. The van der Waals surface area contributed by atoms with Crippen molar-refractivity contribution in [1.82, 2.24) is 5.32 Å². The van der Waals surface area contributed by atoms with E-state index in [-0.39, 0.29) is 12.0 Å². The maximum atomic E-state index is 12.7. The zero-order valence-corrected chi connectivity index (χ0v) is 17.7. The molecule has 1 amide bonds. The van der Waals surface area contributed by atoms with Crippen LogP contribution in [0.1, 0.15) is 22.8 Å². The number of ether oxygens (including phenoxy) is 1. The molecule has 0 fully saturated rings. The van der Waals surface area contributed by atoms with Crippen LogP contribution in [0.4, 0.5) is 13.2 Å². The van der Waals surface area contributed by atoms with Crippen LogP contribution in [0.15, 0.2) is 48.5 Å². The van der Waals surface area contributed by atoms with Crippen molar-refractivity contribution < 1.29 is 41.9 Å². The number of aliphatic hydroxyl groups is 1. The first-order valence-corrected chi connectivity index (χ1v) is 9.48. The number of benzene rings is 2. The van der Waals surface area contributed by atoms with Crippen LogP contribution in [0.5, 0.6) is 0 Å². The van der Waals surface area contributed by atoms with Gasteiger partial charge in [0.1, 0.15) is 6.04 Å². The molecule has 0 heterocycles. The summed E-state index contributed by atoms with van der Waals surface area (Å²) in [5.41, 5.74) is 0.470. The standard InChI is InChI=1S/C21H23BF3NO6/c1-30-20(29)17(12-13-4-10-16(11-5-13)22(31-2)32-3)26-19(28)18(27)14-6-8-15(9-7-14)21(23,24)25/h4-11,17-18,27H,12H2,1-3H3,(H,26,28)/t17-,18+/m0/s1. The Kier molecular flexibility index (Phi) is 8.82. The molecule has 7 nitrogen and oxygen atoms in total. The Morgan fingerprint density at radius 1 is 1.00 bits per heavy atom. The highest BCUT2D eigenvalue weighted by molar-refractivity contribution is 6.61. The fourth-order valence-electron chi connectivity index (χ4n) is 3.01. The van der Waals surface area contributed by atoms with Crippen LogP contribution in [0.25, 0.3) is 0 Å². The topological polar surface area (TPSA) is 94.1 Å². The zero-order valence-electron chi connectivity index (χ0n) is 17.7. The number of alkyl halides is 3. The molecule has 0 spiro atoms. The fourth-order valence-corrected chi connectivity index (χ4v) is 3.01. The van der Waals surface area contributed by atoms with Crippen molar-refractivity contribution in [2.75, 3.05) is 21.3 Å². The predicted octanol–water partition coefficient (Wildman–Crippen LogP) is 1.63. The second kappa shape index (κ2) is 11.1. The molecule has 0 aliphatic heterocycles. The van der Waals surface area contributed by atoms with Crippen LogP contribution in [-0.2, 0) is 36.2 Å². The van der Waals surface area contributed by atoms with E-state index in [1.807, 2.05) is 0 Å². The maximum absolute atomic E-state index is 12.7. The van der Waals surface area contributed by atoms with E-state index in [0.717, 1.165) is 36.8 Å². The summed E-state index contributed by atoms with van der Waals surface area (Å²) >= 11 is 0. The number of aliphatic hydroxyl groups excluding tert-OH is 1. The zero-order chi connectivity index (χ0) is 23.9. The Bertz CT molecular complexity index is 901. The van der Waals surface area contributed by atoms with E-state index in [9.17, 15) is 27.9 Å². The summed E-state index contributed by atoms with van der Waals surface area (Å²) in [7, 11) is 3.58. The SMILES string of the molecule is COB(OC)c1ccc(C[C@H](NC(=O)[C@H](O)c2ccc(C(F)(F)F)cc2)C(=O)OC)cc1. The van der Waals surface area contributed by atoms with E-state index >= 15 is 0 Å². The highest BCUT2D eigenvalue weighted by Gasteiger charge is 2.31. The summed E-state index contributed by atoms with van der Waals surface area (Å²) in [5.74, 6) is -1.69. The van der Waals surface area contributed by atoms with Crippen molar-refractivity contribution in [2.45, 2.75) is 24.7 Å². The van der Waals surface area contributed by atoms with Gasteiger partial charge >= 0.3 is 19.3 Å². The second-order valence-electron chi connectivity index (χ2n) is 6.86. The van der Waals surface area contributed by atoms with Gasteiger partial charge in [-0.2, -0.15) is 13.2 Å². The van der Waals surface area contributed by atoms with Gasteiger partial charge in [0, 0.05) is 20.6 Å². The number of carbonyl (C=O) groups excluding carboxylic acids is 2. The van der Waals surface area contributed by atoms with E-state index in [0.29, 0.717) is 5.56 Å². The van der Waals surface area contributed by atoms with E-state index in [1.54, 1.807) is 24.3 Å². The molecule has 2 N–H and O–H groups in total. The van der Waals surface area contributed by atoms with Gasteiger partial charge in [0.15, 0.2) is 6.10 Å². The predicted molar refractivity (Wildman–Crippen MR) is 110 cm³/mol. The summed E-state index contributed by atoms with van der Waals surface area (Å²) in [6, 6.07) is 9.31. The Hall–Kier alpha value is -2.89. The number of carbonyl (C=O) groups is 2. The van der Waals surface area contributed by atoms with Crippen molar-refractivity contribution in [3.63, 3.8) is 0 Å². The Labute approximate surface area is 183 Å². The number of hydrogen-bond donors (Lipinski definition) is 2. The van der Waals surface area contributed by atoms with Crippen LogP contribution in [0.3, 0.4) is 0 Å². The first-order valence-electron chi connectivity index (χ1n) is 9.48. The van der Waals surface area contributed by atoms with Gasteiger partial charge in [0.2, 0.25) is 0 Å². The number of esters is 1. The third kappa shape index (κ3) is 6.55. The number of halogens is 3. The summed E-state index contributed by atoms with van der Waals surface area (Å²) in [5, 5.41) is 12.6. The van der Waals surface area contributed by atoms with Gasteiger partial charge in [-0.05, 0) is 28.7 Å². The van der Waals surface area contributed by atoms with Crippen LogP contribution in [-0.4, -0.2) is 51.5 Å². The van der Waals surface area contributed by atoms with Crippen molar-refractivity contribution in [1.29, 1.82) is 0 Å². The molecule has 0 bridgehead atoms. The van der Waals surface area contributed by atoms with Gasteiger partial charge in [-0.25, -0.2) is 4.79 Å². The highest BCUT2D eigenvalue weighted by Crippen LogP contribution is 2.30. The lowest BCUT2D eigenvalue weighted by Gasteiger charge is -2.19. The second-order valence-corrected chi connectivity index (χ2v) is 6.86. The lowest BCUT2D eigenvalue weighted by molar-refractivity contribution is -0.146. The maximum Gasteiger partial charge on any atom is 0.493 e. The van der Waals surface area contributed by atoms with Gasteiger partial charge in [-0.1, -0.05) is 36.4 Å². The van der Waals surface area contributed by atoms with Crippen LogP contribution in [0.2, 0.25) is 0 Å². The molecule has 0 unspecified atom stereocenters. The minimum absolute atomic E-state index is 0.0476. The quantitative estimate of drug-likeness (QED) is 0.443. The van der Waals surface area contributed by atoms with Gasteiger partial charge < -0.3 is 24.5 Å². The smallest absolute Gasteiger partial charge is 0.467 e. The average Bonchev–Trinajstić information content (AvgIpc) is 2.78. The molecule has 11 heteroatoms. The third-order valence-corrected chi connectivity index (χ3v) is 4.72. The fraction of sp³-hybridized carbons (Fsp3) is 0.333. The molecular weight excluding hydrogens is 430 g/mol. The molecule has 0 aliphatic carbocycles. The Morgan fingerprint density at radius 3 is 2.03 bits per heavy atom. The molecule has 0 aromatic heterocycles. The van der Waals surface area contributed by atoms with E-state index in [1.165, 1.54) is 14.2 Å². The number of nitrogens with one attached hydrogen (secondary N) is 1. The number of rotatable bonds is 9. The molecule has 0 saturated heterocycles. The van der Waals surface area contributed by atoms with Crippen LogP contribution < -0.4 is 10.8 Å². The lowest BCUT2D eigenvalue weighted by Crippen LogP contribution is -2.45.